The number of thiophene rings is 1. The Bertz CT molecular complexity index is 378. The van der Waals surface area contributed by atoms with Crippen LogP contribution in [0.1, 0.15) is 6.92 Å². The third-order valence-corrected chi connectivity index (χ3v) is 2.56. The normalized spacial score (nSPS) is 10.4. The van der Waals surface area contributed by atoms with Crippen molar-refractivity contribution in [3.05, 3.63) is 29.6 Å². The molecule has 0 aliphatic carbocycles. The number of fused-ring (bicyclic) bond motifs is 1. The average molecular weight is 177 g/mol. The van der Waals surface area contributed by atoms with Crippen LogP contribution in [0.25, 0.3) is 10.1 Å². The Morgan fingerprint density at radius 2 is 2.42 bits per heavy atom. The lowest BCUT2D eigenvalue weighted by Crippen LogP contribution is -1.90. The highest BCUT2D eigenvalue weighted by Gasteiger charge is 2.01. The van der Waals surface area contributed by atoms with Crippen molar-refractivity contribution in [1.82, 2.24) is 0 Å². The SMILES string of the molecule is CCOc1cccc2c[c]sc12. The molecule has 0 N–H and O–H groups in total. The van der Waals surface area contributed by atoms with Gasteiger partial charge in [-0.25, -0.2) is 0 Å². The largest absolute Gasteiger partial charge is 0.492 e. The van der Waals surface area contributed by atoms with Gasteiger partial charge in [0.05, 0.1) is 11.3 Å². The fraction of sp³-hybridized carbons (Fsp3) is 0.200. The van der Waals surface area contributed by atoms with Crippen LogP contribution >= 0.6 is 11.3 Å². The summed E-state index contributed by atoms with van der Waals surface area (Å²) in [4.78, 5) is 0. The van der Waals surface area contributed by atoms with Crippen molar-refractivity contribution in [3.63, 3.8) is 0 Å². The lowest BCUT2D eigenvalue weighted by molar-refractivity contribution is 0.345. The van der Waals surface area contributed by atoms with E-state index in [0.717, 1.165) is 12.4 Å². The molecule has 0 saturated heterocycles. The van der Waals surface area contributed by atoms with Gasteiger partial charge in [0.2, 0.25) is 0 Å². The first-order chi connectivity index (χ1) is 5.92. The van der Waals surface area contributed by atoms with Gasteiger partial charge in [0, 0.05) is 5.38 Å². The minimum Gasteiger partial charge on any atom is -0.492 e. The molecule has 0 saturated carbocycles. The molecule has 1 heterocycles. The first-order valence-electron chi connectivity index (χ1n) is 3.93. The van der Waals surface area contributed by atoms with Crippen LogP contribution in [0.3, 0.4) is 0 Å². The summed E-state index contributed by atoms with van der Waals surface area (Å²) in [6, 6.07) is 8.07. The van der Waals surface area contributed by atoms with Crippen molar-refractivity contribution in [2.75, 3.05) is 6.61 Å². The van der Waals surface area contributed by atoms with Crippen molar-refractivity contribution in [2.24, 2.45) is 0 Å². The molecule has 0 bridgehead atoms. The topological polar surface area (TPSA) is 9.23 Å². The summed E-state index contributed by atoms with van der Waals surface area (Å²) in [5, 5.41) is 4.31. The molecule has 0 aliphatic heterocycles. The average Bonchev–Trinajstić information content (AvgIpc) is 2.53. The highest BCUT2D eigenvalue weighted by atomic mass is 32.1. The maximum atomic E-state index is 5.47. The van der Waals surface area contributed by atoms with Gasteiger partial charge < -0.3 is 4.74 Å². The number of benzene rings is 1. The van der Waals surface area contributed by atoms with E-state index in [-0.39, 0.29) is 0 Å². The lowest BCUT2D eigenvalue weighted by Gasteiger charge is -2.02. The second kappa shape index (κ2) is 3.15. The Morgan fingerprint density at radius 3 is 3.25 bits per heavy atom. The van der Waals surface area contributed by atoms with E-state index in [1.54, 1.807) is 11.3 Å². The lowest BCUT2D eigenvalue weighted by atomic mass is 10.2. The summed E-state index contributed by atoms with van der Waals surface area (Å²) in [6.07, 6.45) is 0. The minimum absolute atomic E-state index is 0.719. The molecule has 0 spiro atoms. The van der Waals surface area contributed by atoms with Gasteiger partial charge in [0.25, 0.3) is 0 Å². The van der Waals surface area contributed by atoms with Gasteiger partial charge in [0.15, 0.2) is 0 Å². The molecule has 0 unspecified atom stereocenters. The molecule has 2 rings (SSSR count). The van der Waals surface area contributed by atoms with Gasteiger partial charge >= 0.3 is 0 Å². The third kappa shape index (κ3) is 1.18. The van der Waals surface area contributed by atoms with Gasteiger partial charge in [-0.05, 0) is 24.4 Å². The van der Waals surface area contributed by atoms with E-state index in [4.69, 9.17) is 4.74 Å². The monoisotopic (exact) mass is 177 g/mol. The third-order valence-electron chi connectivity index (χ3n) is 1.68. The Balaban J connectivity index is 2.57. The summed E-state index contributed by atoms with van der Waals surface area (Å²) >= 11 is 1.60. The fourth-order valence-corrected chi connectivity index (χ4v) is 1.95. The van der Waals surface area contributed by atoms with Crippen LogP contribution in [0, 0.1) is 5.38 Å². The molecule has 12 heavy (non-hydrogen) atoms. The van der Waals surface area contributed by atoms with E-state index in [1.165, 1.54) is 10.1 Å². The smallest absolute Gasteiger partial charge is 0.137 e. The second-order valence-corrected chi connectivity index (χ2v) is 3.32. The first kappa shape index (κ1) is 7.62. The van der Waals surface area contributed by atoms with E-state index in [2.05, 4.69) is 11.4 Å². The Morgan fingerprint density at radius 1 is 1.50 bits per heavy atom. The predicted molar refractivity (Wildman–Crippen MR) is 51.8 cm³/mol. The van der Waals surface area contributed by atoms with E-state index in [1.807, 2.05) is 25.1 Å². The van der Waals surface area contributed by atoms with Crippen molar-refractivity contribution in [3.8, 4) is 5.75 Å². The van der Waals surface area contributed by atoms with Gasteiger partial charge in [-0.15, -0.1) is 11.3 Å². The molecule has 61 valence electrons. The molecule has 1 radical (unpaired) electrons. The molecule has 1 aromatic carbocycles. The van der Waals surface area contributed by atoms with Gasteiger partial charge in [0.1, 0.15) is 5.75 Å². The van der Waals surface area contributed by atoms with Crippen LogP contribution in [0.4, 0.5) is 0 Å². The van der Waals surface area contributed by atoms with Crippen molar-refractivity contribution in [2.45, 2.75) is 6.92 Å². The molecule has 2 aromatic rings. The maximum Gasteiger partial charge on any atom is 0.137 e. The summed E-state index contributed by atoms with van der Waals surface area (Å²) in [6.45, 7) is 2.72. The highest BCUT2D eigenvalue weighted by Crippen LogP contribution is 2.29. The van der Waals surface area contributed by atoms with Gasteiger partial charge in [-0.3, -0.25) is 0 Å². The summed E-state index contributed by atoms with van der Waals surface area (Å²) < 4.78 is 6.66. The zero-order valence-corrected chi connectivity index (χ0v) is 7.65. The Kier molecular flexibility index (Phi) is 2.00. The standard InChI is InChI=1S/C10H9OS/c1-2-11-9-5-3-4-8-6-7-12-10(8)9/h3-6H,2H2,1H3. The number of rotatable bonds is 2. The number of ether oxygens (including phenoxy) is 1. The molecule has 0 atom stereocenters. The van der Waals surface area contributed by atoms with E-state index in [0.29, 0.717) is 0 Å². The van der Waals surface area contributed by atoms with Crippen LogP contribution in [0.15, 0.2) is 24.3 Å². The molecule has 1 aromatic heterocycles. The quantitative estimate of drug-likeness (QED) is 0.685. The van der Waals surface area contributed by atoms with Gasteiger partial charge in [-0.2, -0.15) is 0 Å². The Hall–Kier alpha value is -1.02. The van der Waals surface area contributed by atoms with E-state index >= 15 is 0 Å². The van der Waals surface area contributed by atoms with Crippen molar-refractivity contribution >= 4 is 21.4 Å². The molecular formula is C10H9OS. The van der Waals surface area contributed by atoms with Gasteiger partial charge in [-0.1, -0.05) is 12.1 Å². The molecule has 2 heteroatoms. The molecule has 0 amide bonds. The number of hydrogen-bond donors (Lipinski definition) is 0. The van der Waals surface area contributed by atoms with Crippen molar-refractivity contribution < 1.29 is 4.74 Å². The fourth-order valence-electron chi connectivity index (χ4n) is 1.18. The van der Waals surface area contributed by atoms with Crippen LogP contribution in [0.2, 0.25) is 0 Å². The Labute approximate surface area is 75.6 Å². The van der Waals surface area contributed by atoms with Crippen LogP contribution in [-0.2, 0) is 0 Å². The van der Waals surface area contributed by atoms with Crippen molar-refractivity contribution in [1.29, 1.82) is 0 Å². The maximum absolute atomic E-state index is 5.47. The summed E-state index contributed by atoms with van der Waals surface area (Å²) in [5.74, 6) is 0.973. The highest BCUT2D eigenvalue weighted by molar-refractivity contribution is 7.17. The van der Waals surface area contributed by atoms with E-state index in [9.17, 15) is 0 Å². The van der Waals surface area contributed by atoms with Crippen LogP contribution < -0.4 is 4.74 Å². The molecule has 0 aliphatic rings. The molecule has 1 nitrogen and oxygen atoms in total. The van der Waals surface area contributed by atoms with Crippen LogP contribution in [0.5, 0.6) is 5.75 Å². The van der Waals surface area contributed by atoms with Crippen LogP contribution in [-0.4, -0.2) is 6.61 Å². The summed E-state index contributed by atoms with van der Waals surface area (Å²) in [7, 11) is 0. The van der Waals surface area contributed by atoms with E-state index < -0.39 is 0 Å². The zero-order valence-electron chi connectivity index (χ0n) is 6.83. The second-order valence-electron chi connectivity index (χ2n) is 2.47. The summed E-state index contributed by atoms with van der Waals surface area (Å²) in [5.41, 5.74) is 0. The number of hydrogen-bond acceptors (Lipinski definition) is 2. The molecule has 0 fully saturated rings. The predicted octanol–water partition coefficient (Wildman–Crippen LogP) is 3.10. The molecular weight excluding hydrogens is 168 g/mol. The first-order valence-corrected chi connectivity index (χ1v) is 4.75. The zero-order chi connectivity index (χ0) is 8.39. The minimum atomic E-state index is 0.719.